The van der Waals surface area contributed by atoms with Crippen molar-refractivity contribution in [2.24, 2.45) is 0 Å². The van der Waals surface area contributed by atoms with Crippen LogP contribution < -0.4 is 0 Å². The first kappa shape index (κ1) is 9.41. The Morgan fingerprint density at radius 1 is 1.29 bits per heavy atom. The summed E-state index contributed by atoms with van der Waals surface area (Å²) in [6.07, 6.45) is 2.29. The van der Waals surface area contributed by atoms with Gasteiger partial charge in [0.2, 0.25) is 0 Å². The van der Waals surface area contributed by atoms with Gasteiger partial charge in [0.25, 0.3) is 0 Å². The molecule has 0 amide bonds. The number of nitrogens with zero attached hydrogens (tertiary/aromatic N) is 3. The van der Waals surface area contributed by atoms with Gasteiger partial charge in [-0.05, 0) is 31.9 Å². The van der Waals surface area contributed by atoms with E-state index in [0.29, 0.717) is 6.61 Å². The average molecular weight is 231 g/mol. The molecule has 0 atom stereocenters. The standard InChI is InChI=1S/C12H13N3O2/c1-8-2-3-9(17-8)11-14-13-10-6-16-7-12(4-5-12)15(10)11/h2-3H,4-7H2,1H3. The lowest BCUT2D eigenvalue weighted by molar-refractivity contribution is 0.0452. The van der Waals surface area contributed by atoms with Crippen molar-refractivity contribution in [3.05, 3.63) is 23.7 Å². The van der Waals surface area contributed by atoms with Crippen LogP contribution in [0.3, 0.4) is 0 Å². The van der Waals surface area contributed by atoms with Crippen LogP contribution in [0.25, 0.3) is 11.6 Å². The Kier molecular flexibility index (Phi) is 1.65. The van der Waals surface area contributed by atoms with Gasteiger partial charge in [0.05, 0.1) is 12.1 Å². The minimum atomic E-state index is 0.104. The number of aromatic nitrogens is 3. The molecule has 17 heavy (non-hydrogen) atoms. The molecule has 2 aromatic rings. The van der Waals surface area contributed by atoms with Crippen molar-refractivity contribution in [1.29, 1.82) is 0 Å². The monoisotopic (exact) mass is 231 g/mol. The normalized spacial score (nSPS) is 20.5. The number of ether oxygens (including phenoxy) is 1. The van der Waals surface area contributed by atoms with E-state index >= 15 is 0 Å². The molecule has 0 bridgehead atoms. The summed E-state index contributed by atoms with van der Waals surface area (Å²) in [5.74, 6) is 3.45. The van der Waals surface area contributed by atoms with Gasteiger partial charge < -0.3 is 9.15 Å². The van der Waals surface area contributed by atoms with Gasteiger partial charge in [-0.1, -0.05) is 0 Å². The summed E-state index contributed by atoms with van der Waals surface area (Å²) < 4.78 is 13.4. The predicted octanol–water partition coefficient (Wildman–Crippen LogP) is 1.87. The van der Waals surface area contributed by atoms with Gasteiger partial charge in [0.1, 0.15) is 12.4 Å². The fraction of sp³-hybridized carbons (Fsp3) is 0.500. The van der Waals surface area contributed by atoms with Gasteiger partial charge in [-0.2, -0.15) is 0 Å². The lowest BCUT2D eigenvalue weighted by atomic mass is 10.2. The lowest BCUT2D eigenvalue weighted by Crippen LogP contribution is -2.31. The van der Waals surface area contributed by atoms with Crippen molar-refractivity contribution >= 4 is 0 Å². The summed E-state index contributed by atoms with van der Waals surface area (Å²) in [5, 5.41) is 8.46. The zero-order valence-corrected chi connectivity index (χ0v) is 9.64. The smallest absolute Gasteiger partial charge is 0.200 e. The van der Waals surface area contributed by atoms with E-state index in [0.717, 1.165) is 42.6 Å². The fourth-order valence-corrected chi connectivity index (χ4v) is 2.53. The Hall–Kier alpha value is -1.62. The topological polar surface area (TPSA) is 53.1 Å². The average Bonchev–Trinajstić information content (AvgIpc) is 2.77. The van der Waals surface area contributed by atoms with Crippen LogP contribution in [0.4, 0.5) is 0 Å². The van der Waals surface area contributed by atoms with Crippen LogP contribution in [-0.2, 0) is 16.9 Å². The molecule has 0 radical (unpaired) electrons. The maximum Gasteiger partial charge on any atom is 0.200 e. The van der Waals surface area contributed by atoms with E-state index in [1.807, 2.05) is 19.1 Å². The zero-order chi connectivity index (χ0) is 11.5. The van der Waals surface area contributed by atoms with Crippen LogP contribution in [-0.4, -0.2) is 21.4 Å². The summed E-state index contributed by atoms with van der Waals surface area (Å²) in [6, 6.07) is 3.91. The van der Waals surface area contributed by atoms with Crippen molar-refractivity contribution in [1.82, 2.24) is 14.8 Å². The first-order chi connectivity index (χ1) is 8.28. The number of rotatable bonds is 1. The van der Waals surface area contributed by atoms with Crippen molar-refractivity contribution < 1.29 is 9.15 Å². The number of hydrogen-bond donors (Lipinski definition) is 0. The summed E-state index contributed by atoms with van der Waals surface area (Å²) in [7, 11) is 0. The molecule has 4 rings (SSSR count). The minimum absolute atomic E-state index is 0.104. The molecule has 0 saturated heterocycles. The van der Waals surface area contributed by atoms with Crippen LogP contribution in [0.2, 0.25) is 0 Å². The molecule has 0 aromatic carbocycles. The molecule has 5 nitrogen and oxygen atoms in total. The second-order valence-corrected chi connectivity index (χ2v) is 4.90. The van der Waals surface area contributed by atoms with E-state index in [9.17, 15) is 0 Å². The van der Waals surface area contributed by atoms with Crippen LogP contribution in [0.5, 0.6) is 0 Å². The lowest BCUT2D eigenvalue weighted by Gasteiger charge is -2.25. The van der Waals surface area contributed by atoms with Gasteiger partial charge in [0.15, 0.2) is 17.4 Å². The van der Waals surface area contributed by atoms with E-state index in [-0.39, 0.29) is 5.54 Å². The number of fused-ring (bicyclic) bond motifs is 2. The first-order valence-electron chi connectivity index (χ1n) is 5.88. The zero-order valence-electron chi connectivity index (χ0n) is 9.64. The summed E-state index contributed by atoms with van der Waals surface area (Å²) in [4.78, 5) is 0. The van der Waals surface area contributed by atoms with Crippen LogP contribution in [0.1, 0.15) is 24.4 Å². The van der Waals surface area contributed by atoms with Gasteiger partial charge in [-0.3, -0.25) is 4.57 Å². The maximum atomic E-state index is 5.65. The van der Waals surface area contributed by atoms with E-state index in [1.54, 1.807) is 0 Å². The molecule has 0 unspecified atom stereocenters. The number of aryl methyl sites for hydroxylation is 1. The van der Waals surface area contributed by atoms with Crippen LogP contribution in [0, 0.1) is 6.92 Å². The second-order valence-electron chi connectivity index (χ2n) is 4.90. The number of hydrogen-bond acceptors (Lipinski definition) is 4. The molecular weight excluding hydrogens is 218 g/mol. The molecule has 1 aliphatic heterocycles. The maximum absolute atomic E-state index is 5.65. The van der Waals surface area contributed by atoms with Gasteiger partial charge in [0, 0.05) is 0 Å². The van der Waals surface area contributed by atoms with Gasteiger partial charge in [-0.15, -0.1) is 10.2 Å². The molecule has 2 aromatic heterocycles. The van der Waals surface area contributed by atoms with Crippen molar-refractivity contribution in [3.8, 4) is 11.6 Å². The molecule has 1 saturated carbocycles. The molecule has 1 spiro atoms. The minimum Gasteiger partial charge on any atom is -0.458 e. The molecule has 2 aliphatic rings. The predicted molar refractivity (Wildman–Crippen MR) is 59.3 cm³/mol. The van der Waals surface area contributed by atoms with E-state index < -0.39 is 0 Å². The summed E-state index contributed by atoms with van der Waals surface area (Å²) in [5.41, 5.74) is 0.104. The molecule has 0 N–H and O–H groups in total. The second kappa shape index (κ2) is 2.98. The van der Waals surface area contributed by atoms with Crippen molar-refractivity contribution in [3.63, 3.8) is 0 Å². The van der Waals surface area contributed by atoms with Crippen LogP contribution >= 0.6 is 0 Å². The Bertz CT molecular complexity index is 580. The molecule has 88 valence electrons. The molecule has 1 aliphatic carbocycles. The third-order valence-electron chi connectivity index (χ3n) is 3.59. The Labute approximate surface area is 98.4 Å². The summed E-state index contributed by atoms with van der Waals surface area (Å²) in [6.45, 7) is 3.26. The third-order valence-corrected chi connectivity index (χ3v) is 3.59. The van der Waals surface area contributed by atoms with Gasteiger partial charge >= 0.3 is 0 Å². The van der Waals surface area contributed by atoms with Crippen LogP contribution in [0.15, 0.2) is 16.5 Å². The highest BCUT2D eigenvalue weighted by molar-refractivity contribution is 5.49. The van der Waals surface area contributed by atoms with E-state index in [1.165, 1.54) is 0 Å². The SMILES string of the molecule is Cc1ccc(-c2nnc3n2C2(CC2)COC3)o1. The highest BCUT2D eigenvalue weighted by Crippen LogP contribution is 2.48. The highest BCUT2D eigenvalue weighted by atomic mass is 16.5. The van der Waals surface area contributed by atoms with Crippen molar-refractivity contribution in [2.45, 2.75) is 31.9 Å². The Morgan fingerprint density at radius 2 is 2.18 bits per heavy atom. The summed E-state index contributed by atoms with van der Waals surface area (Å²) >= 11 is 0. The molecular formula is C12H13N3O2. The molecule has 3 heterocycles. The first-order valence-corrected chi connectivity index (χ1v) is 5.88. The third kappa shape index (κ3) is 1.23. The molecule has 1 fully saturated rings. The fourth-order valence-electron chi connectivity index (χ4n) is 2.53. The Morgan fingerprint density at radius 3 is 2.88 bits per heavy atom. The van der Waals surface area contributed by atoms with Gasteiger partial charge in [-0.25, -0.2) is 0 Å². The van der Waals surface area contributed by atoms with E-state index in [4.69, 9.17) is 9.15 Å². The highest BCUT2D eigenvalue weighted by Gasteiger charge is 2.50. The van der Waals surface area contributed by atoms with Crippen molar-refractivity contribution in [2.75, 3.05) is 6.61 Å². The largest absolute Gasteiger partial charge is 0.458 e. The number of furan rings is 1. The Balaban J connectivity index is 1.90. The quantitative estimate of drug-likeness (QED) is 0.751. The molecule has 5 heteroatoms. The van der Waals surface area contributed by atoms with E-state index in [2.05, 4.69) is 14.8 Å².